The fraction of sp³-hybridized carbons (Fsp3) is 0.357. The van der Waals surface area contributed by atoms with Gasteiger partial charge in [-0.2, -0.15) is 30.0 Å². The quantitative estimate of drug-likeness (QED) is 0.311. The number of carbonyl (C=O) groups is 2. The lowest BCUT2D eigenvalue weighted by Crippen LogP contribution is -2.29. The molecular formula is C14H13Cl2F3N2O3S. The monoisotopic (exact) mass is 416 g/mol. The molecule has 0 saturated heterocycles. The predicted molar refractivity (Wildman–Crippen MR) is 92.5 cm³/mol. The van der Waals surface area contributed by atoms with E-state index in [9.17, 15) is 22.8 Å². The molecule has 0 aliphatic heterocycles. The maximum absolute atomic E-state index is 12.7. The Labute approximate surface area is 155 Å². The third kappa shape index (κ3) is 6.09. The number of hydrazone groups is 1. The summed E-state index contributed by atoms with van der Waals surface area (Å²) in [6.07, 6.45) is -2.98. The molecule has 0 bridgehead atoms. The average Bonchev–Trinajstić information content (AvgIpc) is 2.49. The molecule has 1 aromatic carbocycles. The van der Waals surface area contributed by atoms with E-state index in [2.05, 4.69) is 10.5 Å². The van der Waals surface area contributed by atoms with E-state index in [-0.39, 0.29) is 28.1 Å². The van der Waals surface area contributed by atoms with Crippen LogP contribution in [0.5, 0.6) is 0 Å². The zero-order chi connectivity index (χ0) is 19.2. The fourth-order valence-corrected chi connectivity index (χ4v) is 2.55. The van der Waals surface area contributed by atoms with Gasteiger partial charge < -0.3 is 4.74 Å². The first-order chi connectivity index (χ1) is 11.6. The van der Waals surface area contributed by atoms with Crippen LogP contribution in [0.2, 0.25) is 10.0 Å². The molecule has 25 heavy (non-hydrogen) atoms. The van der Waals surface area contributed by atoms with Crippen LogP contribution in [-0.4, -0.2) is 36.1 Å². The first-order valence-electron chi connectivity index (χ1n) is 6.71. The van der Waals surface area contributed by atoms with Gasteiger partial charge in [-0.15, -0.1) is 0 Å². The second kappa shape index (κ2) is 9.30. The number of esters is 1. The Hall–Kier alpha value is -1.45. The molecule has 0 amide bonds. The van der Waals surface area contributed by atoms with Crippen LogP contribution in [0.4, 0.5) is 18.9 Å². The lowest BCUT2D eigenvalue weighted by Gasteiger charge is -2.12. The van der Waals surface area contributed by atoms with E-state index in [1.54, 1.807) is 13.2 Å². The summed E-state index contributed by atoms with van der Waals surface area (Å²) in [5.74, 6) is -1.61. The second-order valence-electron chi connectivity index (χ2n) is 4.46. The van der Waals surface area contributed by atoms with E-state index in [0.717, 1.165) is 11.8 Å². The zero-order valence-electron chi connectivity index (χ0n) is 13.0. The Balaban J connectivity index is 3.18. The van der Waals surface area contributed by atoms with Crippen molar-refractivity contribution in [2.24, 2.45) is 5.10 Å². The number of ether oxygens (including phenoxy) is 1. The highest BCUT2D eigenvalue weighted by Crippen LogP contribution is 2.38. The highest BCUT2D eigenvalue weighted by Gasteiger charge is 2.32. The summed E-state index contributed by atoms with van der Waals surface area (Å²) in [4.78, 5) is 23.7. The molecule has 0 aromatic heterocycles. The van der Waals surface area contributed by atoms with Crippen molar-refractivity contribution < 1.29 is 27.5 Å². The van der Waals surface area contributed by atoms with Crippen LogP contribution in [0.25, 0.3) is 0 Å². The molecule has 0 radical (unpaired) electrons. The Morgan fingerprint density at radius 2 is 1.84 bits per heavy atom. The molecule has 0 spiro atoms. The van der Waals surface area contributed by atoms with Crippen molar-refractivity contribution in [1.82, 2.24) is 0 Å². The SMILES string of the molecule is CCOC(=O)/C(=N\Nc1c(Cl)cc(C(F)(F)F)cc1Cl)C(=O)CSC. The molecule has 0 unspecified atom stereocenters. The zero-order valence-corrected chi connectivity index (χ0v) is 15.4. The Bertz CT molecular complexity index is 653. The summed E-state index contributed by atoms with van der Waals surface area (Å²) in [6, 6.07) is 1.30. The van der Waals surface area contributed by atoms with Gasteiger partial charge in [0.25, 0.3) is 0 Å². The number of ketones is 1. The smallest absolute Gasteiger partial charge is 0.416 e. The molecule has 0 atom stereocenters. The first kappa shape index (κ1) is 21.6. The van der Waals surface area contributed by atoms with Crippen molar-refractivity contribution in [2.75, 3.05) is 24.0 Å². The summed E-state index contributed by atoms with van der Waals surface area (Å²) in [7, 11) is 0. The molecule has 0 heterocycles. The molecule has 0 aliphatic carbocycles. The van der Waals surface area contributed by atoms with Crippen molar-refractivity contribution in [3.63, 3.8) is 0 Å². The van der Waals surface area contributed by atoms with Gasteiger partial charge in [0.05, 0.1) is 33.7 Å². The average molecular weight is 417 g/mol. The first-order valence-corrected chi connectivity index (χ1v) is 8.86. The van der Waals surface area contributed by atoms with Crippen LogP contribution in [-0.2, 0) is 20.5 Å². The van der Waals surface area contributed by atoms with E-state index in [4.69, 9.17) is 27.9 Å². The van der Waals surface area contributed by atoms with Gasteiger partial charge >= 0.3 is 12.1 Å². The molecule has 138 valence electrons. The summed E-state index contributed by atoms with van der Waals surface area (Å²) >= 11 is 12.7. The number of alkyl halides is 3. The Kier molecular flexibility index (Phi) is 8.04. The van der Waals surface area contributed by atoms with Crippen molar-refractivity contribution in [3.8, 4) is 0 Å². The number of nitrogens with zero attached hydrogens (tertiary/aromatic N) is 1. The highest BCUT2D eigenvalue weighted by atomic mass is 35.5. The number of Topliss-reactive ketones (excluding diaryl/α,β-unsaturated/α-hetero) is 1. The Morgan fingerprint density at radius 1 is 1.28 bits per heavy atom. The fourth-order valence-electron chi connectivity index (χ4n) is 1.58. The van der Waals surface area contributed by atoms with Crippen LogP contribution < -0.4 is 5.43 Å². The van der Waals surface area contributed by atoms with E-state index < -0.39 is 29.2 Å². The Morgan fingerprint density at radius 3 is 2.28 bits per heavy atom. The maximum atomic E-state index is 12.7. The standard InChI is InChI=1S/C14H13Cl2F3N2O3S/c1-3-24-13(23)12(10(22)6-25-2)21-20-11-8(15)4-7(5-9(11)16)14(17,18)19/h4-5,20H,3,6H2,1-2H3/b21-12-. The largest absolute Gasteiger partial charge is 0.461 e. The molecule has 1 N–H and O–H groups in total. The number of nitrogens with one attached hydrogen (secondary N) is 1. The number of halogens is 5. The summed E-state index contributed by atoms with van der Waals surface area (Å²) in [5.41, 5.74) is 0.514. The topological polar surface area (TPSA) is 67.8 Å². The van der Waals surface area contributed by atoms with Gasteiger partial charge in [0.15, 0.2) is 5.78 Å². The lowest BCUT2D eigenvalue weighted by molar-refractivity contribution is -0.138. The summed E-state index contributed by atoms with van der Waals surface area (Å²) in [5, 5.41) is 2.88. The second-order valence-corrected chi connectivity index (χ2v) is 6.14. The summed E-state index contributed by atoms with van der Waals surface area (Å²) < 4.78 is 42.8. The van der Waals surface area contributed by atoms with E-state index in [1.807, 2.05) is 0 Å². The molecule has 1 aromatic rings. The lowest BCUT2D eigenvalue weighted by atomic mass is 10.2. The van der Waals surface area contributed by atoms with Gasteiger partial charge in [0.1, 0.15) is 0 Å². The minimum Gasteiger partial charge on any atom is -0.461 e. The van der Waals surface area contributed by atoms with Crippen molar-refractivity contribution in [1.29, 1.82) is 0 Å². The van der Waals surface area contributed by atoms with Gasteiger partial charge in [-0.05, 0) is 25.3 Å². The van der Waals surface area contributed by atoms with E-state index in [1.165, 1.54) is 0 Å². The van der Waals surface area contributed by atoms with Crippen LogP contribution in [0.1, 0.15) is 12.5 Å². The molecule has 11 heteroatoms. The molecular weight excluding hydrogens is 404 g/mol. The van der Waals surface area contributed by atoms with Gasteiger partial charge in [-0.3, -0.25) is 10.2 Å². The van der Waals surface area contributed by atoms with Gasteiger partial charge in [0.2, 0.25) is 5.71 Å². The predicted octanol–water partition coefficient (Wildman–Crippen LogP) is 4.28. The van der Waals surface area contributed by atoms with E-state index >= 15 is 0 Å². The minimum atomic E-state index is -4.63. The number of benzene rings is 1. The minimum absolute atomic E-state index is 0.0200. The summed E-state index contributed by atoms with van der Waals surface area (Å²) in [6.45, 7) is 1.57. The van der Waals surface area contributed by atoms with Crippen LogP contribution in [0, 0.1) is 0 Å². The third-order valence-corrected chi connectivity index (χ3v) is 3.80. The highest BCUT2D eigenvalue weighted by molar-refractivity contribution is 7.99. The number of hydrogen-bond donors (Lipinski definition) is 1. The number of rotatable bonds is 7. The molecule has 0 saturated carbocycles. The normalized spacial score (nSPS) is 12.0. The molecule has 0 aliphatic rings. The van der Waals surface area contributed by atoms with Crippen LogP contribution in [0.3, 0.4) is 0 Å². The van der Waals surface area contributed by atoms with Crippen molar-refractivity contribution in [3.05, 3.63) is 27.7 Å². The molecule has 0 fully saturated rings. The third-order valence-electron chi connectivity index (χ3n) is 2.66. The van der Waals surface area contributed by atoms with Crippen molar-refractivity contribution in [2.45, 2.75) is 13.1 Å². The maximum Gasteiger partial charge on any atom is 0.416 e. The molecule has 1 rings (SSSR count). The van der Waals surface area contributed by atoms with E-state index in [0.29, 0.717) is 12.1 Å². The van der Waals surface area contributed by atoms with Gasteiger partial charge in [0, 0.05) is 0 Å². The van der Waals surface area contributed by atoms with Gasteiger partial charge in [-0.25, -0.2) is 4.79 Å². The number of carbonyl (C=O) groups excluding carboxylic acids is 2. The van der Waals surface area contributed by atoms with Crippen LogP contribution in [0.15, 0.2) is 17.2 Å². The molecule has 5 nitrogen and oxygen atoms in total. The number of anilines is 1. The van der Waals surface area contributed by atoms with Crippen LogP contribution >= 0.6 is 35.0 Å². The van der Waals surface area contributed by atoms with Crippen molar-refractivity contribution >= 4 is 58.1 Å². The number of thioether (sulfide) groups is 1. The van der Waals surface area contributed by atoms with Gasteiger partial charge in [-0.1, -0.05) is 23.2 Å². The number of hydrogen-bond acceptors (Lipinski definition) is 6.